The van der Waals surface area contributed by atoms with Gasteiger partial charge in [0.05, 0.1) is 16.9 Å². The van der Waals surface area contributed by atoms with Gasteiger partial charge in [-0.2, -0.15) is 0 Å². The van der Waals surface area contributed by atoms with Crippen molar-refractivity contribution in [1.82, 2.24) is 14.9 Å². The molecule has 7 nitrogen and oxygen atoms in total. The minimum absolute atomic E-state index is 0.134. The minimum atomic E-state index is -4.04. The van der Waals surface area contributed by atoms with Crippen molar-refractivity contribution in [3.63, 3.8) is 0 Å². The van der Waals surface area contributed by atoms with E-state index >= 15 is 0 Å². The predicted octanol–water partition coefficient (Wildman–Crippen LogP) is 2.64. The minimum Gasteiger partial charge on any atom is -0.348 e. The fourth-order valence-electron chi connectivity index (χ4n) is 2.62. The third-order valence-electron chi connectivity index (χ3n) is 3.95. The van der Waals surface area contributed by atoms with Gasteiger partial charge in [0.15, 0.2) is 0 Å². The molecule has 0 aliphatic rings. The molecule has 9 heteroatoms. The maximum atomic E-state index is 13.7. The molecule has 0 spiro atoms. The second-order valence-corrected chi connectivity index (χ2v) is 7.93. The third-order valence-corrected chi connectivity index (χ3v) is 5.31. The number of halogens is 1. The van der Waals surface area contributed by atoms with Crippen molar-refractivity contribution in [3.8, 4) is 0 Å². The number of anilines is 1. The van der Waals surface area contributed by atoms with E-state index in [-0.39, 0.29) is 22.2 Å². The molecule has 3 aromatic rings. The first-order valence-corrected chi connectivity index (χ1v) is 9.97. The van der Waals surface area contributed by atoms with Gasteiger partial charge in [-0.1, -0.05) is 18.2 Å². The molecule has 1 atom stereocenters. The molecular formula is C19H19FN4O3S. The van der Waals surface area contributed by atoms with Gasteiger partial charge in [-0.05, 0) is 37.3 Å². The predicted molar refractivity (Wildman–Crippen MR) is 103 cm³/mol. The van der Waals surface area contributed by atoms with Crippen molar-refractivity contribution in [2.45, 2.75) is 24.4 Å². The van der Waals surface area contributed by atoms with Gasteiger partial charge in [-0.15, -0.1) is 0 Å². The van der Waals surface area contributed by atoms with Crippen LogP contribution in [-0.4, -0.2) is 29.9 Å². The molecule has 2 N–H and O–H groups in total. The molecule has 0 fully saturated rings. The smallest absolute Gasteiger partial charge is 0.262 e. The zero-order valence-electron chi connectivity index (χ0n) is 15.0. The summed E-state index contributed by atoms with van der Waals surface area (Å²) >= 11 is 0. The zero-order valence-corrected chi connectivity index (χ0v) is 15.9. The first kappa shape index (κ1) is 19.6. The van der Waals surface area contributed by atoms with E-state index in [4.69, 9.17) is 0 Å². The summed E-state index contributed by atoms with van der Waals surface area (Å²) in [5, 5.41) is 2.81. The molecule has 1 aromatic heterocycles. The van der Waals surface area contributed by atoms with Crippen LogP contribution in [0.4, 0.5) is 10.1 Å². The summed E-state index contributed by atoms with van der Waals surface area (Å²) in [6.07, 6.45) is 5.07. The third kappa shape index (κ3) is 4.74. The summed E-state index contributed by atoms with van der Waals surface area (Å²) < 4.78 is 42.8. The van der Waals surface area contributed by atoms with Crippen LogP contribution in [-0.2, 0) is 16.6 Å². The molecular weight excluding hydrogens is 383 g/mol. The Hall–Kier alpha value is -3.20. The van der Waals surface area contributed by atoms with Gasteiger partial charge in [-0.3, -0.25) is 9.52 Å². The van der Waals surface area contributed by atoms with E-state index in [1.807, 2.05) is 11.5 Å². The number of hydrogen-bond donors (Lipinski definition) is 2. The van der Waals surface area contributed by atoms with Gasteiger partial charge >= 0.3 is 0 Å². The number of carbonyl (C=O) groups excluding carboxylic acids is 1. The number of aromatic nitrogens is 2. The van der Waals surface area contributed by atoms with E-state index in [1.165, 1.54) is 42.5 Å². The molecule has 3 rings (SSSR count). The molecule has 1 amide bonds. The highest BCUT2D eigenvalue weighted by molar-refractivity contribution is 7.92. The van der Waals surface area contributed by atoms with E-state index in [0.717, 1.165) is 6.07 Å². The molecule has 0 saturated heterocycles. The van der Waals surface area contributed by atoms with Gasteiger partial charge in [0, 0.05) is 30.5 Å². The highest BCUT2D eigenvalue weighted by atomic mass is 32.2. The maximum absolute atomic E-state index is 13.7. The topological polar surface area (TPSA) is 93.1 Å². The van der Waals surface area contributed by atoms with E-state index in [9.17, 15) is 17.6 Å². The Labute approximate surface area is 162 Å². The summed E-state index contributed by atoms with van der Waals surface area (Å²) in [5.74, 6) is -1.09. The van der Waals surface area contributed by atoms with Crippen molar-refractivity contribution in [2.75, 3.05) is 4.72 Å². The average Bonchev–Trinajstić information content (AvgIpc) is 3.16. The lowest BCUT2D eigenvalue weighted by Crippen LogP contribution is -2.35. The first-order valence-electron chi connectivity index (χ1n) is 8.49. The van der Waals surface area contributed by atoms with Crippen LogP contribution in [0, 0.1) is 5.82 Å². The normalized spacial score (nSPS) is 12.4. The number of sulfonamides is 1. The summed E-state index contributed by atoms with van der Waals surface area (Å²) in [6, 6.07) is 10.8. The molecule has 1 heterocycles. The van der Waals surface area contributed by atoms with E-state index in [2.05, 4.69) is 15.0 Å². The van der Waals surface area contributed by atoms with E-state index in [0.29, 0.717) is 6.54 Å². The second kappa shape index (κ2) is 8.22. The van der Waals surface area contributed by atoms with Crippen molar-refractivity contribution >= 4 is 21.6 Å². The number of nitrogens with zero attached hydrogens (tertiary/aromatic N) is 2. The lowest BCUT2D eigenvalue weighted by Gasteiger charge is -2.15. The molecule has 0 bridgehead atoms. The number of nitrogens with one attached hydrogen (secondary N) is 2. The zero-order chi connectivity index (χ0) is 20.1. The fourth-order valence-corrected chi connectivity index (χ4v) is 3.73. The largest absolute Gasteiger partial charge is 0.348 e. The van der Waals surface area contributed by atoms with Crippen LogP contribution in [0.25, 0.3) is 0 Å². The summed E-state index contributed by atoms with van der Waals surface area (Å²) in [7, 11) is -4.04. The number of benzene rings is 2. The lowest BCUT2D eigenvalue weighted by atomic mass is 10.2. The summed E-state index contributed by atoms with van der Waals surface area (Å²) in [6.45, 7) is 2.36. The number of amides is 1. The van der Waals surface area contributed by atoms with Crippen molar-refractivity contribution in [3.05, 3.63) is 78.6 Å². The van der Waals surface area contributed by atoms with Crippen LogP contribution < -0.4 is 10.0 Å². The van der Waals surface area contributed by atoms with Gasteiger partial charge in [0.1, 0.15) is 5.82 Å². The standard InChI is InChI=1S/C19H19FN4O3S/c1-14(12-24-10-9-21-13-24)22-19(25)15-5-4-6-16(11-15)28(26,27)23-18-8-3-2-7-17(18)20/h2-11,13-14,23H,12H2,1H3,(H,22,25)/t14-/m1/s1. The number of imidazole rings is 1. The van der Waals surface area contributed by atoms with Crippen LogP contribution >= 0.6 is 0 Å². The Kier molecular flexibility index (Phi) is 5.74. The van der Waals surface area contributed by atoms with Gasteiger partial charge in [-0.25, -0.2) is 17.8 Å². The molecule has 146 valence electrons. The van der Waals surface area contributed by atoms with Crippen LogP contribution in [0.1, 0.15) is 17.3 Å². The summed E-state index contributed by atoms with van der Waals surface area (Å²) in [5.41, 5.74) is 0.0280. The second-order valence-electron chi connectivity index (χ2n) is 6.25. The molecule has 2 aromatic carbocycles. The Morgan fingerprint density at radius 3 is 2.71 bits per heavy atom. The highest BCUT2D eigenvalue weighted by Gasteiger charge is 2.18. The Morgan fingerprint density at radius 2 is 2.00 bits per heavy atom. The van der Waals surface area contributed by atoms with E-state index < -0.39 is 21.7 Å². The van der Waals surface area contributed by atoms with Crippen LogP contribution in [0.5, 0.6) is 0 Å². The Balaban J connectivity index is 1.73. The van der Waals surface area contributed by atoms with Crippen LogP contribution in [0.2, 0.25) is 0 Å². The number of para-hydroxylation sites is 1. The SMILES string of the molecule is C[C@H](Cn1ccnc1)NC(=O)c1cccc(S(=O)(=O)Nc2ccccc2F)c1. The highest BCUT2D eigenvalue weighted by Crippen LogP contribution is 2.19. The van der Waals surface area contributed by atoms with Gasteiger partial charge in [0.25, 0.3) is 15.9 Å². The first-order chi connectivity index (χ1) is 13.3. The van der Waals surface area contributed by atoms with Gasteiger partial charge < -0.3 is 9.88 Å². The molecule has 28 heavy (non-hydrogen) atoms. The maximum Gasteiger partial charge on any atom is 0.262 e. The van der Waals surface area contributed by atoms with Crippen molar-refractivity contribution in [1.29, 1.82) is 0 Å². The fraction of sp³-hybridized carbons (Fsp3) is 0.158. The number of carbonyl (C=O) groups is 1. The Bertz CT molecular complexity index is 1070. The quantitative estimate of drug-likeness (QED) is 0.635. The lowest BCUT2D eigenvalue weighted by molar-refractivity contribution is 0.0936. The molecule has 0 aliphatic carbocycles. The molecule has 0 aliphatic heterocycles. The van der Waals surface area contributed by atoms with Crippen LogP contribution in [0.15, 0.2) is 72.1 Å². The van der Waals surface area contributed by atoms with Crippen molar-refractivity contribution < 1.29 is 17.6 Å². The molecule has 0 radical (unpaired) electrons. The molecule has 0 unspecified atom stereocenters. The van der Waals surface area contributed by atoms with Crippen LogP contribution in [0.3, 0.4) is 0 Å². The summed E-state index contributed by atoms with van der Waals surface area (Å²) in [4.78, 5) is 16.3. The Morgan fingerprint density at radius 1 is 1.21 bits per heavy atom. The molecule has 0 saturated carbocycles. The van der Waals surface area contributed by atoms with Crippen molar-refractivity contribution in [2.24, 2.45) is 0 Å². The monoisotopic (exact) mass is 402 g/mol. The average molecular weight is 402 g/mol. The van der Waals surface area contributed by atoms with Gasteiger partial charge in [0.2, 0.25) is 0 Å². The van der Waals surface area contributed by atoms with E-state index in [1.54, 1.807) is 18.7 Å². The number of hydrogen-bond acceptors (Lipinski definition) is 4. The number of rotatable bonds is 7.